The number of methoxy groups -OCH3 is 1. The average molecular weight is 343 g/mol. The van der Waals surface area contributed by atoms with Gasteiger partial charge in [0.2, 0.25) is 5.91 Å². The summed E-state index contributed by atoms with van der Waals surface area (Å²) in [4.78, 5) is 14.0. The fourth-order valence-corrected chi connectivity index (χ4v) is 3.33. The molecule has 0 saturated carbocycles. The van der Waals surface area contributed by atoms with Gasteiger partial charge in [-0.05, 0) is 37.5 Å². The number of aromatic amines is 1. The summed E-state index contributed by atoms with van der Waals surface area (Å²) in [5.41, 5.74) is 3.35. The Bertz CT molecular complexity index is 705. The first kappa shape index (κ1) is 17.5. The molecule has 1 aromatic carbocycles. The second-order valence-corrected chi connectivity index (χ2v) is 6.22. The molecule has 1 aliphatic heterocycles. The molecule has 3 rings (SSSR count). The normalized spacial score (nSPS) is 15.4. The van der Waals surface area contributed by atoms with Crippen molar-refractivity contribution >= 4 is 5.91 Å². The largest absolute Gasteiger partial charge is 0.497 e. The third-order valence-electron chi connectivity index (χ3n) is 4.74. The molecule has 6 nitrogen and oxygen atoms in total. The number of amides is 1. The zero-order valence-corrected chi connectivity index (χ0v) is 14.8. The highest BCUT2D eigenvalue weighted by Gasteiger charge is 2.26. The minimum atomic E-state index is 0.0814. The Hall–Kier alpha value is -2.34. The van der Waals surface area contributed by atoms with E-state index in [2.05, 4.69) is 16.3 Å². The minimum absolute atomic E-state index is 0.0814. The number of carbonyl (C=O) groups is 1. The van der Waals surface area contributed by atoms with E-state index in [0.717, 1.165) is 48.5 Å². The first-order valence-electron chi connectivity index (χ1n) is 8.76. The lowest BCUT2D eigenvalue weighted by atomic mass is 9.89. The van der Waals surface area contributed by atoms with Crippen LogP contribution in [-0.4, -0.2) is 54.4 Å². The van der Waals surface area contributed by atoms with Gasteiger partial charge in [-0.25, -0.2) is 0 Å². The van der Waals surface area contributed by atoms with Gasteiger partial charge >= 0.3 is 0 Å². The Balaban J connectivity index is 1.68. The van der Waals surface area contributed by atoms with E-state index in [9.17, 15) is 4.79 Å². The molecule has 1 fully saturated rings. The first-order valence-corrected chi connectivity index (χ1v) is 8.76. The van der Waals surface area contributed by atoms with Crippen LogP contribution in [0.3, 0.4) is 0 Å². The summed E-state index contributed by atoms with van der Waals surface area (Å²) in [6, 6.07) is 8.01. The Morgan fingerprint density at radius 2 is 2.16 bits per heavy atom. The van der Waals surface area contributed by atoms with Crippen LogP contribution in [0.1, 0.15) is 31.4 Å². The number of rotatable bonds is 6. The summed E-state index contributed by atoms with van der Waals surface area (Å²) in [6.07, 6.45) is 3.73. The van der Waals surface area contributed by atoms with E-state index in [0.29, 0.717) is 12.5 Å². The summed E-state index contributed by atoms with van der Waals surface area (Å²) in [5, 5.41) is 7.43. The number of hydrogen-bond acceptors (Lipinski definition) is 4. The summed E-state index contributed by atoms with van der Waals surface area (Å²) < 4.78 is 10.6. The van der Waals surface area contributed by atoms with Crippen LogP contribution in [0.5, 0.6) is 5.75 Å². The molecular weight excluding hydrogens is 318 g/mol. The number of hydrogen-bond donors (Lipinski definition) is 1. The van der Waals surface area contributed by atoms with Crippen molar-refractivity contribution in [3.05, 3.63) is 36.2 Å². The van der Waals surface area contributed by atoms with Crippen molar-refractivity contribution < 1.29 is 14.3 Å². The quantitative estimate of drug-likeness (QED) is 0.876. The fourth-order valence-electron chi connectivity index (χ4n) is 3.33. The van der Waals surface area contributed by atoms with Crippen molar-refractivity contribution in [2.24, 2.45) is 0 Å². The second-order valence-electron chi connectivity index (χ2n) is 6.22. The van der Waals surface area contributed by atoms with Crippen molar-refractivity contribution in [3.63, 3.8) is 0 Å². The SMILES string of the molecule is CCOCC(=O)N1CCC(c2[nH]ncc2-c2cccc(OC)c2)CC1. The highest BCUT2D eigenvalue weighted by Crippen LogP contribution is 2.34. The molecule has 0 radical (unpaired) electrons. The first-order chi connectivity index (χ1) is 12.2. The summed E-state index contributed by atoms with van der Waals surface area (Å²) >= 11 is 0. The fraction of sp³-hybridized carbons (Fsp3) is 0.474. The van der Waals surface area contributed by atoms with Crippen molar-refractivity contribution in [3.8, 4) is 16.9 Å². The maximum atomic E-state index is 12.1. The topological polar surface area (TPSA) is 67.5 Å². The van der Waals surface area contributed by atoms with Gasteiger partial charge in [0, 0.05) is 36.9 Å². The number of piperidine rings is 1. The van der Waals surface area contributed by atoms with Crippen LogP contribution in [0.25, 0.3) is 11.1 Å². The molecule has 134 valence electrons. The van der Waals surface area contributed by atoms with Crippen molar-refractivity contribution in [2.45, 2.75) is 25.7 Å². The Morgan fingerprint density at radius 1 is 1.36 bits per heavy atom. The van der Waals surface area contributed by atoms with Gasteiger partial charge in [-0.2, -0.15) is 5.10 Å². The molecule has 0 bridgehead atoms. The lowest BCUT2D eigenvalue weighted by molar-refractivity contribution is -0.137. The van der Waals surface area contributed by atoms with Gasteiger partial charge in [0.05, 0.1) is 13.3 Å². The number of H-pyrrole nitrogens is 1. The van der Waals surface area contributed by atoms with Gasteiger partial charge in [0.25, 0.3) is 0 Å². The van der Waals surface area contributed by atoms with Crippen molar-refractivity contribution in [2.75, 3.05) is 33.4 Å². The molecule has 6 heteroatoms. The number of nitrogens with one attached hydrogen (secondary N) is 1. The van der Waals surface area contributed by atoms with E-state index in [1.54, 1.807) is 7.11 Å². The average Bonchev–Trinajstić information content (AvgIpc) is 3.16. The molecule has 0 aliphatic carbocycles. The van der Waals surface area contributed by atoms with E-state index < -0.39 is 0 Å². The highest BCUT2D eigenvalue weighted by atomic mass is 16.5. The smallest absolute Gasteiger partial charge is 0.248 e. The monoisotopic (exact) mass is 343 g/mol. The molecule has 0 atom stereocenters. The van der Waals surface area contributed by atoms with Crippen LogP contribution in [0, 0.1) is 0 Å². The van der Waals surface area contributed by atoms with E-state index in [1.807, 2.05) is 36.2 Å². The van der Waals surface area contributed by atoms with E-state index in [1.165, 1.54) is 0 Å². The predicted octanol–water partition coefficient (Wildman–Crippen LogP) is 2.83. The summed E-state index contributed by atoms with van der Waals surface area (Å²) in [6.45, 7) is 4.17. The number of likely N-dealkylation sites (tertiary alicyclic amines) is 1. The lowest BCUT2D eigenvalue weighted by Crippen LogP contribution is -2.40. The number of ether oxygens (including phenoxy) is 2. The standard InChI is InChI=1S/C19H25N3O3/c1-3-25-13-18(23)22-9-7-14(8-10-22)19-17(12-20-21-19)15-5-4-6-16(11-15)24-2/h4-6,11-12,14H,3,7-10,13H2,1-2H3,(H,20,21). The van der Waals surface area contributed by atoms with Gasteiger partial charge in [-0.1, -0.05) is 12.1 Å². The second kappa shape index (κ2) is 8.16. The van der Waals surface area contributed by atoms with Gasteiger partial charge in [-0.15, -0.1) is 0 Å². The Labute approximate surface area is 148 Å². The number of benzene rings is 1. The van der Waals surface area contributed by atoms with Crippen LogP contribution >= 0.6 is 0 Å². The van der Waals surface area contributed by atoms with Crippen LogP contribution in [0.4, 0.5) is 0 Å². The highest BCUT2D eigenvalue weighted by molar-refractivity contribution is 5.77. The van der Waals surface area contributed by atoms with Crippen molar-refractivity contribution in [1.29, 1.82) is 0 Å². The van der Waals surface area contributed by atoms with Crippen molar-refractivity contribution in [1.82, 2.24) is 15.1 Å². The molecule has 1 saturated heterocycles. The lowest BCUT2D eigenvalue weighted by Gasteiger charge is -2.32. The molecule has 0 spiro atoms. The van der Waals surface area contributed by atoms with Crippen LogP contribution < -0.4 is 4.74 Å². The maximum absolute atomic E-state index is 12.1. The third kappa shape index (κ3) is 4.02. The van der Waals surface area contributed by atoms with Crippen LogP contribution in [-0.2, 0) is 9.53 Å². The van der Waals surface area contributed by atoms with Crippen LogP contribution in [0.2, 0.25) is 0 Å². The minimum Gasteiger partial charge on any atom is -0.497 e. The van der Waals surface area contributed by atoms with E-state index in [4.69, 9.17) is 9.47 Å². The molecule has 1 N–H and O–H groups in total. The molecular formula is C19H25N3O3. The zero-order valence-electron chi connectivity index (χ0n) is 14.8. The number of aromatic nitrogens is 2. The number of carbonyl (C=O) groups excluding carboxylic acids is 1. The van der Waals surface area contributed by atoms with Crippen LogP contribution in [0.15, 0.2) is 30.5 Å². The number of nitrogens with zero attached hydrogens (tertiary/aromatic N) is 2. The molecule has 2 aromatic rings. The molecule has 25 heavy (non-hydrogen) atoms. The molecule has 1 aliphatic rings. The zero-order chi connectivity index (χ0) is 17.6. The van der Waals surface area contributed by atoms with Gasteiger partial charge in [0.1, 0.15) is 12.4 Å². The van der Waals surface area contributed by atoms with E-state index in [-0.39, 0.29) is 12.5 Å². The van der Waals surface area contributed by atoms with E-state index >= 15 is 0 Å². The Morgan fingerprint density at radius 3 is 2.88 bits per heavy atom. The third-order valence-corrected chi connectivity index (χ3v) is 4.74. The molecule has 1 amide bonds. The molecule has 1 aromatic heterocycles. The predicted molar refractivity (Wildman–Crippen MR) is 95.6 cm³/mol. The maximum Gasteiger partial charge on any atom is 0.248 e. The van der Waals surface area contributed by atoms with Gasteiger partial charge < -0.3 is 14.4 Å². The Kier molecular flexibility index (Phi) is 5.71. The summed E-state index contributed by atoms with van der Waals surface area (Å²) in [7, 11) is 1.67. The van der Waals surface area contributed by atoms with Gasteiger partial charge in [-0.3, -0.25) is 9.89 Å². The van der Waals surface area contributed by atoms with Gasteiger partial charge in [0.15, 0.2) is 0 Å². The molecule has 0 unspecified atom stereocenters. The molecule has 2 heterocycles. The summed E-state index contributed by atoms with van der Waals surface area (Å²) in [5.74, 6) is 1.29.